The molecule has 0 aliphatic carbocycles. The molecule has 27 nitrogen and oxygen atoms in total. The Morgan fingerprint density at radius 3 is 1.32 bits per heavy atom. The summed E-state index contributed by atoms with van der Waals surface area (Å²) in [5.74, 6) is 0.933. The molecule has 12 heterocycles. The van der Waals surface area contributed by atoms with Gasteiger partial charge in [0.2, 0.25) is 0 Å². The minimum Gasteiger partial charge on any atom is -0.406 e. The fraction of sp³-hybridized carbons (Fsp3) is 0.400. The lowest BCUT2D eigenvalue weighted by Gasteiger charge is -2.06. The summed E-state index contributed by atoms with van der Waals surface area (Å²) >= 11 is 0. The van der Waals surface area contributed by atoms with Gasteiger partial charge in [0, 0.05) is 52.3 Å². The predicted octanol–water partition coefficient (Wildman–Crippen LogP) is 7.00. The maximum atomic E-state index is 11.4. The summed E-state index contributed by atoms with van der Waals surface area (Å²) < 4.78 is 16.1. The van der Waals surface area contributed by atoms with Crippen molar-refractivity contribution < 1.29 is 8.83 Å². The quantitative estimate of drug-likeness (QED) is 0.0975. The molecule has 12 rings (SSSR count). The molecule has 0 spiro atoms. The number of pyridine rings is 3. The molecule has 0 aliphatic heterocycles. The normalized spacial score (nSPS) is 11.4. The van der Waals surface area contributed by atoms with Crippen molar-refractivity contribution in [1.29, 1.82) is 0 Å². The van der Waals surface area contributed by atoms with Crippen LogP contribution >= 0.6 is 0 Å². The average Bonchev–Trinajstić information content (AvgIpc) is 4.48. The second-order valence-corrected chi connectivity index (χ2v) is 21.0. The Kier molecular flexibility index (Phi) is 18.4. The van der Waals surface area contributed by atoms with Gasteiger partial charge in [0.05, 0.1) is 28.1 Å². The molecule has 0 fully saturated rings. The second-order valence-electron chi connectivity index (χ2n) is 21.0. The molecule has 27 heteroatoms. The van der Waals surface area contributed by atoms with E-state index in [1.165, 1.54) is 28.1 Å². The number of imidazole rings is 4. The summed E-state index contributed by atoms with van der Waals surface area (Å²) in [6.45, 7) is 24.6. The first-order valence-electron chi connectivity index (χ1n) is 26.5. The highest BCUT2D eigenvalue weighted by Gasteiger charge is 2.17. The Labute approximate surface area is 466 Å². The topological polar surface area (TPSA) is 359 Å². The Morgan fingerprint density at radius 2 is 0.756 bits per heavy atom. The molecule has 6 N–H and O–H groups in total. The number of H-pyrrole nitrogens is 6. The average molecular weight is 1120 g/mol. The molecule has 0 unspecified atom stereocenters. The Morgan fingerprint density at radius 1 is 0.354 bits per heavy atom. The monoisotopic (exact) mass is 1120 g/mol. The summed E-state index contributed by atoms with van der Waals surface area (Å²) in [5, 5.41) is 0. The number of nitrogens with zero attached hydrogens (tertiary/aromatic N) is 13. The summed E-state index contributed by atoms with van der Waals surface area (Å²) in [7, 11) is 6.89. The number of oxazole rings is 2. The van der Waals surface area contributed by atoms with Gasteiger partial charge in [-0.1, -0.05) is 83.1 Å². The number of aromatic amines is 6. The number of nitrogens with one attached hydrogen (secondary N) is 6. The van der Waals surface area contributed by atoms with E-state index in [0.29, 0.717) is 57.2 Å². The first-order valence-corrected chi connectivity index (χ1v) is 26.5. The molecule has 0 saturated heterocycles. The van der Waals surface area contributed by atoms with Gasteiger partial charge in [0.25, 0.3) is 0 Å². The van der Waals surface area contributed by atoms with Crippen LogP contribution in [-0.2, 0) is 28.2 Å². The molecule has 82 heavy (non-hydrogen) atoms. The van der Waals surface area contributed by atoms with E-state index in [1.54, 1.807) is 55.9 Å². The van der Waals surface area contributed by atoms with E-state index in [9.17, 15) is 28.8 Å². The fourth-order valence-electron chi connectivity index (χ4n) is 8.83. The van der Waals surface area contributed by atoms with Crippen LogP contribution in [0.1, 0.15) is 152 Å². The van der Waals surface area contributed by atoms with Crippen molar-refractivity contribution >= 4 is 67.1 Å². The lowest BCUT2D eigenvalue weighted by atomic mass is 10.0. The van der Waals surface area contributed by atoms with Gasteiger partial charge in [-0.25, -0.2) is 73.6 Å². The van der Waals surface area contributed by atoms with E-state index >= 15 is 0 Å². The van der Waals surface area contributed by atoms with Crippen LogP contribution in [0, 0.1) is 0 Å². The van der Waals surface area contributed by atoms with Gasteiger partial charge in [-0.2, -0.15) is 0 Å². The molecular formula is C55H69N19O8. The molecule has 12 aromatic heterocycles. The third kappa shape index (κ3) is 12.8. The standard InChI is InChI=1S/2C10H13N3O.2C9H12N4O.C9H10N2O2.C8H9N3O2/c1-6(2)7-4-5-11-9-8(7)13(3)10(14)12-9;1-6(2)7-4-5-11-9-8(7)12-10(14)13(9)3;1-5(2)6-7-8(11-4-10-6)12-9(14)13(7)3;1-5(2)6-7-8(11-4-10-6)13(3)9(14)12-7;1-5(2)6-3-4-10-8-7(6)13-9(12)11-8;1-4(2)5-6-7(10-3-9-5)11-8(12)13-6/h4-6H,1-3H3,(H,11,12,14);4-6H,1-3H3,(H,12,14);4-5H,1-3H3,(H,10,11,12,14);4-5H,1-3H3,(H,12,14);3-5H,1-2H3,(H,10,11,12);3-4H,1-2H3,(H,9,10,11,12). The van der Waals surface area contributed by atoms with Crippen molar-refractivity contribution in [1.82, 2.24) is 93.0 Å². The summed E-state index contributed by atoms with van der Waals surface area (Å²) in [6, 6.07) is 5.77. The van der Waals surface area contributed by atoms with Crippen LogP contribution in [0.25, 0.3) is 67.1 Å². The van der Waals surface area contributed by atoms with Crippen molar-refractivity contribution in [3.05, 3.63) is 153 Å². The van der Waals surface area contributed by atoms with Crippen molar-refractivity contribution in [3.8, 4) is 0 Å². The van der Waals surface area contributed by atoms with Gasteiger partial charge >= 0.3 is 34.3 Å². The van der Waals surface area contributed by atoms with Crippen LogP contribution in [0.5, 0.6) is 0 Å². The van der Waals surface area contributed by atoms with E-state index in [4.69, 9.17) is 8.83 Å². The highest BCUT2D eigenvalue weighted by atomic mass is 16.4. The first kappa shape index (κ1) is 60.0. The lowest BCUT2D eigenvalue weighted by Crippen LogP contribution is -2.12. The maximum absolute atomic E-state index is 11.4. The number of rotatable bonds is 6. The maximum Gasteiger partial charge on any atom is 0.418 e. The van der Waals surface area contributed by atoms with Crippen LogP contribution in [-0.4, -0.2) is 93.0 Å². The summed E-state index contributed by atoms with van der Waals surface area (Å²) in [4.78, 5) is 120. The molecular weight excluding hydrogens is 1050 g/mol. The minimum absolute atomic E-state index is 0.111. The third-order valence-electron chi connectivity index (χ3n) is 13.2. The molecule has 0 radical (unpaired) electrons. The predicted molar refractivity (Wildman–Crippen MR) is 313 cm³/mol. The molecule has 0 amide bonds. The van der Waals surface area contributed by atoms with Gasteiger partial charge in [0.15, 0.2) is 45.0 Å². The molecule has 0 aromatic carbocycles. The van der Waals surface area contributed by atoms with E-state index in [0.717, 1.165) is 61.5 Å². The van der Waals surface area contributed by atoms with E-state index in [-0.39, 0.29) is 40.5 Å². The van der Waals surface area contributed by atoms with Crippen LogP contribution in [0.3, 0.4) is 0 Å². The second kappa shape index (κ2) is 25.2. The minimum atomic E-state index is -0.489. The molecule has 432 valence electrons. The van der Waals surface area contributed by atoms with Gasteiger partial charge in [-0.3, -0.25) is 38.2 Å². The molecule has 0 saturated carbocycles. The smallest absolute Gasteiger partial charge is 0.406 e. The number of aryl methyl sites for hydroxylation is 4. The zero-order valence-electron chi connectivity index (χ0n) is 48.7. The van der Waals surface area contributed by atoms with Crippen LogP contribution in [0.4, 0.5) is 0 Å². The van der Waals surface area contributed by atoms with Gasteiger partial charge < -0.3 is 18.8 Å². The zero-order valence-corrected chi connectivity index (χ0v) is 48.7. The Bertz CT molecular complexity index is 4250. The van der Waals surface area contributed by atoms with Gasteiger partial charge in [-0.05, 0) is 64.8 Å². The van der Waals surface area contributed by atoms with E-state index in [1.807, 2.05) is 73.6 Å². The number of aromatic nitrogens is 19. The summed E-state index contributed by atoms with van der Waals surface area (Å²) in [6.07, 6.45) is 9.53. The Balaban J connectivity index is 0.000000142. The molecule has 0 bridgehead atoms. The zero-order chi connectivity index (χ0) is 60.0. The van der Waals surface area contributed by atoms with E-state index in [2.05, 4.69) is 102 Å². The van der Waals surface area contributed by atoms with Crippen LogP contribution < -0.4 is 34.3 Å². The molecule has 12 aromatic rings. The highest BCUT2D eigenvalue weighted by Crippen LogP contribution is 2.25. The Hall–Kier alpha value is -9.69. The SMILES string of the molecule is CC(C)c1ccnc2[nH]c(=O)n(C)c12.CC(C)c1ccnc2[nH]c(=O)oc12.CC(C)c1ccnc2c1[nH]c(=O)n2C.CC(C)c1ncnc2[nH]c(=O)n(C)c12.CC(C)c1ncnc2[nH]c(=O)oc12.CC(C)c1ncnc2c1[nH]c(=O)n2C. The largest absolute Gasteiger partial charge is 0.418 e. The third-order valence-corrected chi connectivity index (χ3v) is 13.2. The number of hydrogen-bond donors (Lipinski definition) is 6. The number of fused-ring (bicyclic) bond motifs is 6. The van der Waals surface area contributed by atoms with E-state index < -0.39 is 11.5 Å². The fourth-order valence-corrected chi connectivity index (χ4v) is 8.83. The number of hydrogen-bond acceptors (Lipinski definition) is 17. The molecule has 0 aliphatic rings. The van der Waals surface area contributed by atoms with Crippen molar-refractivity contribution in [2.45, 2.75) is 119 Å². The first-order chi connectivity index (χ1) is 38.8. The van der Waals surface area contributed by atoms with Crippen LogP contribution in [0.2, 0.25) is 0 Å². The molecule has 0 atom stereocenters. The van der Waals surface area contributed by atoms with Crippen molar-refractivity contribution in [2.75, 3.05) is 0 Å². The van der Waals surface area contributed by atoms with Crippen molar-refractivity contribution in [3.63, 3.8) is 0 Å². The van der Waals surface area contributed by atoms with Crippen LogP contribution in [0.15, 0.2) is 93.4 Å². The van der Waals surface area contributed by atoms with Gasteiger partial charge in [-0.15, -0.1) is 0 Å². The van der Waals surface area contributed by atoms with Crippen molar-refractivity contribution in [2.24, 2.45) is 28.2 Å². The summed E-state index contributed by atoms with van der Waals surface area (Å²) in [5.41, 5.74) is 13.3. The van der Waals surface area contributed by atoms with Gasteiger partial charge in [0.1, 0.15) is 30.0 Å². The highest BCUT2D eigenvalue weighted by molar-refractivity contribution is 5.77. The lowest BCUT2D eigenvalue weighted by molar-refractivity contribution is 0.547.